The summed E-state index contributed by atoms with van der Waals surface area (Å²) in [6.07, 6.45) is 2.07. The zero-order valence-electron chi connectivity index (χ0n) is 15.3. The fourth-order valence-corrected chi connectivity index (χ4v) is 3.29. The molecule has 1 N–H and O–H groups in total. The summed E-state index contributed by atoms with van der Waals surface area (Å²) >= 11 is 6.07. The maximum atomic E-state index is 11.8. The fraction of sp³-hybridized carbons (Fsp3) is 0.190. The first-order chi connectivity index (χ1) is 13.6. The van der Waals surface area contributed by atoms with Crippen LogP contribution in [0.1, 0.15) is 12.0 Å². The van der Waals surface area contributed by atoms with Crippen molar-refractivity contribution in [2.75, 3.05) is 11.9 Å². The number of aryl methyl sites for hydroxylation is 1. The smallest absolute Gasteiger partial charge is 0.287 e. The Hall–Kier alpha value is -3.12. The minimum Gasteiger partial charge on any atom is -0.390 e. The molecule has 4 rings (SSSR count). The second-order valence-corrected chi connectivity index (χ2v) is 6.97. The number of hydrogen-bond acceptors (Lipinski definition) is 5. The molecule has 2 heterocycles. The Morgan fingerprint density at radius 1 is 1.11 bits per heavy atom. The largest absolute Gasteiger partial charge is 0.390 e. The van der Waals surface area contributed by atoms with Crippen molar-refractivity contribution >= 4 is 23.0 Å². The summed E-state index contributed by atoms with van der Waals surface area (Å²) in [5.41, 5.74) is 4.44. The number of oxime groups is 1. The topological polar surface area (TPSA) is 68.5 Å². The van der Waals surface area contributed by atoms with E-state index in [0.29, 0.717) is 18.7 Å². The van der Waals surface area contributed by atoms with Crippen molar-refractivity contribution in [2.45, 2.75) is 12.5 Å². The van der Waals surface area contributed by atoms with E-state index in [1.54, 1.807) is 7.05 Å². The van der Waals surface area contributed by atoms with E-state index >= 15 is 0 Å². The third-order valence-corrected chi connectivity index (χ3v) is 5.02. The molecule has 1 aromatic heterocycles. The molecule has 1 unspecified atom stereocenters. The van der Waals surface area contributed by atoms with Crippen LogP contribution in [0, 0.1) is 0 Å². The van der Waals surface area contributed by atoms with Crippen LogP contribution in [0.3, 0.4) is 0 Å². The second kappa shape index (κ2) is 7.86. The van der Waals surface area contributed by atoms with E-state index in [1.165, 1.54) is 16.4 Å². The molecule has 0 amide bonds. The van der Waals surface area contributed by atoms with Gasteiger partial charge in [-0.1, -0.05) is 71.4 Å². The van der Waals surface area contributed by atoms with Gasteiger partial charge in [-0.3, -0.25) is 4.79 Å². The lowest BCUT2D eigenvalue weighted by Crippen LogP contribution is -2.24. The van der Waals surface area contributed by atoms with Gasteiger partial charge in [-0.2, -0.15) is 5.10 Å². The number of halogens is 1. The minimum atomic E-state index is -0.338. The number of nitrogens with zero attached hydrogens (tertiary/aromatic N) is 3. The highest BCUT2D eigenvalue weighted by atomic mass is 35.5. The quantitative estimate of drug-likeness (QED) is 0.716. The molecule has 0 fully saturated rings. The zero-order chi connectivity index (χ0) is 19.5. The third kappa shape index (κ3) is 3.77. The van der Waals surface area contributed by atoms with E-state index in [0.717, 1.165) is 16.8 Å². The van der Waals surface area contributed by atoms with Crippen molar-refractivity contribution in [3.8, 4) is 11.1 Å². The number of anilines is 1. The van der Waals surface area contributed by atoms with Crippen LogP contribution in [0.4, 0.5) is 5.69 Å². The highest BCUT2D eigenvalue weighted by Crippen LogP contribution is 2.23. The maximum absolute atomic E-state index is 11.8. The van der Waals surface area contributed by atoms with E-state index in [9.17, 15) is 4.79 Å². The average molecular weight is 395 g/mol. The summed E-state index contributed by atoms with van der Waals surface area (Å²) in [7, 11) is 1.56. The van der Waals surface area contributed by atoms with Crippen LogP contribution in [0.2, 0.25) is 5.02 Å². The molecule has 0 aliphatic carbocycles. The maximum Gasteiger partial charge on any atom is 0.287 e. The van der Waals surface area contributed by atoms with Crippen molar-refractivity contribution in [1.82, 2.24) is 9.78 Å². The van der Waals surface area contributed by atoms with Crippen molar-refractivity contribution in [3.63, 3.8) is 0 Å². The van der Waals surface area contributed by atoms with Crippen molar-refractivity contribution in [2.24, 2.45) is 12.2 Å². The molecule has 0 radical (unpaired) electrons. The average Bonchev–Trinajstić information content (AvgIpc) is 3.21. The van der Waals surface area contributed by atoms with Crippen LogP contribution in [0.25, 0.3) is 11.1 Å². The van der Waals surface area contributed by atoms with Gasteiger partial charge in [0.1, 0.15) is 11.1 Å². The van der Waals surface area contributed by atoms with Gasteiger partial charge in [0.25, 0.3) is 5.56 Å². The summed E-state index contributed by atoms with van der Waals surface area (Å²) in [6, 6.07) is 18.5. The van der Waals surface area contributed by atoms with Gasteiger partial charge < -0.3 is 10.2 Å². The molecule has 2 aromatic carbocycles. The Labute approximate surface area is 167 Å². The first-order valence-corrected chi connectivity index (χ1v) is 9.34. The number of aromatic nitrogens is 2. The molecular formula is C21H19ClN4O2. The van der Waals surface area contributed by atoms with Crippen LogP contribution >= 0.6 is 11.6 Å². The van der Waals surface area contributed by atoms with Crippen molar-refractivity contribution < 1.29 is 4.84 Å². The predicted molar refractivity (Wildman–Crippen MR) is 111 cm³/mol. The lowest BCUT2D eigenvalue weighted by atomic mass is 10.00. The Morgan fingerprint density at radius 3 is 2.54 bits per heavy atom. The molecule has 0 saturated carbocycles. The van der Waals surface area contributed by atoms with E-state index in [-0.39, 0.29) is 16.7 Å². The number of hydrogen-bond donors (Lipinski definition) is 1. The molecule has 1 aliphatic heterocycles. The van der Waals surface area contributed by atoms with Gasteiger partial charge in [-0.05, 0) is 16.7 Å². The van der Waals surface area contributed by atoms with E-state index in [4.69, 9.17) is 16.4 Å². The molecule has 0 saturated heterocycles. The molecular weight excluding hydrogens is 376 g/mol. The number of nitrogens with one attached hydrogen (secondary N) is 1. The fourth-order valence-electron chi connectivity index (χ4n) is 3.05. The van der Waals surface area contributed by atoms with Crippen molar-refractivity contribution in [1.29, 1.82) is 0 Å². The Morgan fingerprint density at radius 2 is 1.79 bits per heavy atom. The lowest BCUT2D eigenvalue weighted by molar-refractivity contribution is 0.0949. The standard InChI is InChI=1S/C21H19ClN4O2/c1-26-21(27)20(22)19(13-24-26)23-12-17-11-18(25-28-17)16-9-7-15(8-10-16)14-5-3-2-4-6-14/h2-10,13,17,23H,11-12H2,1H3. The predicted octanol–water partition coefficient (Wildman–Crippen LogP) is 3.71. The van der Waals surface area contributed by atoms with Gasteiger partial charge in [0.2, 0.25) is 0 Å². The summed E-state index contributed by atoms with van der Waals surface area (Å²) in [4.78, 5) is 17.4. The minimum absolute atomic E-state index is 0.119. The van der Waals surface area contributed by atoms with Gasteiger partial charge in [-0.15, -0.1) is 0 Å². The molecule has 6 nitrogen and oxygen atoms in total. The lowest BCUT2D eigenvalue weighted by Gasteiger charge is -2.12. The van der Waals surface area contributed by atoms with Gasteiger partial charge in [0, 0.05) is 13.5 Å². The Kier molecular flexibility index (Phi) is 5.12. The monoisotopic (exact) mass is 394 g/mol. The first-order valence-electron chi connectivity index (χ1n) is 8.96. The highest BCUT2D eigenvalue weighted by molar-refractivity contribution is 6.32. The van der Waals surface area contributed by atoms with Gasteiger partial charge >= 0.3 is 0 Å². The molecule has 0 spiro atoms. The van der Waals surface area contributed by atoms with Crippen LogP contribution in [-0.2, 0) is 11.9 Å². The van der Waals surface area contributed by atoms with Crippen LogP contribution in [0.15, 0.2) is 70.7 Å². The molecule has 1 atom stereocenters. The highest BCUT2D eigenvalue weighted by Gasteiger charge is 2.22. The Balaban J connectivity index is 1.38. The van der Waals surface area contributed by atoms with E-state index in [2.05, 4.69) is 52.0 Å². The molecule has 7 heteroatoms. The van der Waals surface area contributed by atoms with Crippen LogP contribution in [0.5, 0.6) is 0 Å². The van der Waals surface area contributed by atoms with E-state index in [1.807, 2.05) is 18.2 Å². The van der Waals surface area contributed by atoms with Gasteiger partial charge in [0.15, 0.2) is 0 Å². The third-order valence-electron chi connectivity index (χ3n) is 4.66. The second-order valence-electron chi connectivity index (χ2n) is 6.59. The molecule has 0 bridgehead atoms. The zero-order valence-corrected chi connectivity index (χ0v) is 16.1. The molecule has 142 valence electrons. The first kappa shape index (κ1) is 18.3. The normalized spacial score (nSPS) is 15.8. The summed E-state index contributed by atoms with van der Waals surface area (Å²) in [5, 5.41) is 11.4. The van der Waals surface area contributed by atoms with Crippen molar-refractivity contribution in [3.05, 3.63) is 81.7 Å². The van der Waals surface area contributed by atoms with E-state index < -0.39 is 0 Å². The molecule has 3 aromatic rings. The summed E-state index contributed by atoms with van der Waals surface area (Å²) < 4.78 is 1.19. The van der Waals surface area contributed by atoms with Crippen LogP contribution in [-0.4, -0.2) is 28.1 Å². The van der Waals surface area contributed by atoms with Gasteiger partial charge in [0.05, 0.1) is 24.1 Å². The van der Waals surface area contributed by atoms with Crippen LogP contribution < -0.4 is 10.9 Å². The molecule has 28 heavy (non-hydrogen) atoms. The summed E-state index contributed by atoms with van der Waals surface area (Å²) in [5.74, 6) is 0. The number of rotatable bonds is 5. The number of benzene rings is 2. The van der Waals surface area contributed by atoms with Gasteiger partial charge in [-0.25, -0.2) is 4.68 Å². The summed E-state index contributed by atoms with van der Waals surface area (Å²) in [6.45, 7) is 0.476. The SMILES string of the molecule is Cn1ncc(NCC2CC(c3ccc(-c4ccccc4)cc3)=NO2)c(Cl)c1=O. The Bertz CT molecular complexity index is 1060. The molecule has 1 aliphatic rings.